The molecule has 0 saturated heterocycles. The number of Topliss-reactive ketones (excluding diaryl/α,β-unsaturated/α-hetero) is 1. The molecule has 3 N–H and O–H groups in total. The number of rotatable bonds is 13. The van der Waals surface area contributed by atoms with Crippen molar-refractivity contribution in [3.8, 4) is 5.75 Å². The van der Waals surface area contributed by atoms with Gasteiger partial charge in [-0.2, -0.15) is 4.31 Å². The van der Waals surface area contributed by atoms with Gasteiger partial charge in [0.2, 0.25) is 15.9 Å². The Balaban J connectivity index is 1.63. The van der Waals surface area contributed by atoms with Crippen LogP contribution in [0.1, 0.15) is 80.7 Å². The Morgan fingerprint density at radius 1 is 1.06 bits per heavy atom. The van der Waals surface area contributed by atoms with E-state index in [9.17, 15) is 27.9 Å². The average molecular weight is 704 g/mol. The number of aliphatic carboxylic acids is 1. The lowest BCUT2D eigenvalue weighted by Gasteiger charge is -2.36. The van der Waals surface area contributed by atoms with Gasteiger partial charge in [-0.1, -0.05) is 62.4 Å². The summed E-state index contributed by atoms with van der Waals surface area (Å²) in [5.41, 5.74) is 9.65. The Morgan fingerprint density at radius 2 is 1.78 bits per heavy atom. The van der Waals surface area contributed by atoms with Crippen LogP contribution >= 0.6 is 0 Å². The normalized spacial score (nSPS) is 17.4. The number of aromatic nitrogens is 3. The molecule has 0 fully saturated rings. The third-order valence-electron chi connectivity index (χ3n) is 9.94. The summed E-state index contributed by atoms with van der Waals surface area (Å²) in [6, 6.07) is 16.3. The predicted molar refractivity (Wildman–Crippen MR) is 188 cm³/mol. The molecule has 3 aromatic carbocycles. The van der Waals surface area contributed by atoms with Crippen molar-refractivity contribution in [2.75, 3.05) is 6.54 Å². The molecule has 50 heavy (non-hydrogen) atoms. The topological polar surface area (TPSA) is 175 Å². The molecule has 2 heterocycles. The zero-order chi connectivity index (χ0) is 36.5. The second-order valence-electron chi connectivity index (χ2n) is 13.6. The zero-order valence-electron chi connectivity index (χ0n) is 29.3. The number of nitrogens with two attached hydrogens (primary N) is 1. The largest absolute Gasteiger partial charge is 0.488 e. The monoisotopic (exact) mass is 703 g/mol. The molecule has 12 nitrogen and oxygen atoms in total. The number of nitrogens with zero attached hydrogens (tertiary/aromatic N) is 4. The van der Waals surface area contributed by atoms with E-state index in [1.807, 2.05) is 58.0 Å². The summed E-state index contributed by atoms with van der Waals surface area (Å²) in [6.07, 6.45) is -0.598. The number of amides is 1. The Hall–Kier alpha value is -4.62. The van der Waals surface area contributed by atoms with Crippen LogP contribution in [-0.4, -0.2) is 63.1 Å². The Labute approximate surface area is 292 Å². The highest BCUT2D eigenvalue weighted by Crippen LogP contribution is 2.46. The molecular weight excluding hydrogens is 659 g/mol. The van der Waals surface area contributed by atoms with Gasteiger partial charge in [-0.3, -0.25) is 14.4 Å². The van der Waals surface area contributed by atoms with Crippen LogP contribution in [0.2, 0.25) is 0 Å². The van der Waals surface area contributed by atoms with Gasteiger partial charge in [0.25, 0.3) is 0 Å². The molecule has 0 aliphatic carbocycles. The number of benzene rings is 3. The van der Waals surface area contributed by atoms with Gasteiger partial charge in [0.15, 0.2) is 0 Å². The van der Waals surface area contributed by atoms with Crippen LogP contribution in [0.25, 0.3) is 11.0 Å². The Bertz CT molecular complexity index is 2060. The van der Waals surface area contributed by atoms with E-state index in [2.05, 4.69) is 10.3 Å². The van der Waals surface area contributed by atoms with E-state index in [4.69, 9.17) is 10.5 Å². The first-order valence-corrected chi connectivity index (χ1v) is 18.3. The van der Waals surface area contributed by atoms with Gasteiger partial charge in [0.1, 0.15) is 28.0 Å². The zero-order valence-corrected chi connectivity index (χ0v) is 30.2. The lowest BCUT2D eigenvalue weighted by molar-refractivity contribution is -0.146. The first kappa shape index (κ1) is 36.7. The number of ether oxygens (including phenoxy) is 1. The molecule has 0 radical (unpaired) electrons. The Kier molecular flexibility index (Phi) is 10.5. The number of ketones is 1. The second kappa shape index (κ2) is 14.3. The maximum absolute atomic E-state index is 14.2. The van der Waals surface area contributed by atoms with Crippen LogP contribution < -0.4 is 10.5 Å². The number of para-hydroxylation sites is 1. The van der Waals surface area contributed by atoms with Gasteiger partial charge in [0.05, 0.1) is 18.0 Å². The van der Waals surface area contributed by atoms with E-state index in [0.29, 0.717) is 24.2 Å². The lowest BCUT2D eigenvalue weighted by Crippen LogP contribution is -2.37. The quantitative estimate of drug-likeness (QED) is 0.191. The second-order valence-corrected chi connectivity index (χ2v) is 15.5. The standard InChI is InChI=1S/C37H45N5O7S/c1-7-27-21-41(50(47,48)31-12-10-9-11-30(31)49-27)20-26-17-24(14-13-22(26)3)34(28-15-16-29-35(23(28)4)39-40-42(29)8-2)37(5,6)32(43)18-25(36(45)46)19-33(38)44/h9-17,25,27,34H,7-8,18-21H2,1-6H3,(H2,38,44)(H,45,46)/t25-,27-,34+/m1/s1. The highest BCUT2D eigenvalue weighted by molar-refractivity contribution is 7.89. The minimum Gasteiger partial charge on any atom is -0.488 e. The van der Waals surface area contributed by atoms with Gasteiger partial charge < -0.3 is 15.6 Å². The number of sulfonamides is 1. The first-order chi connectivity index (χ1) is 23.6. The van der Waals surface area contributed by atoms with Gasteiger partial charge in [-0.15, -0.1) is 5.10 Å². The summed E-state index contributed by atoms with van der Waals surface area (Å²) in [7, 11) is -3.92. The van der Waals surface area contributed by atoms with Crippen LogP contribution in [0, 0.1) is 25.2 Å². The van der Waals surface area contributed by atoms with Crippen molar-refractivity contribution in [1.82, 2.24) is 19.3 Å². The minimum atomic E-state index is -3.92. The summed E-state index contributed by atoms with van der Waals surface area (Å²) in [5, 5.41) is 18.6. The fraction of sp³-hybridized carbons (Fsp3) is 0.432. The molecule has 1 amide bonds. The van der Waals surface area contributed by atoms with Crippen LogP contribution in [0.15, 0.2) is 59.5 Å². The molecule has 1 aliphatic rings. The molecule has 3 atom stereocenters. The highest BCUT2D eigenvalue weighted by atomic mass is 32.2. The number of carbonyl (C=O) groups is 3. The fourth-order valence-corrected chi connectivity index (χ4v) is 8.46. The molecule has 5 rings (SSSR count). The number of aryl methyl sites for hydroxylation is 3. The van der Waals surface area contributed by atoms with E-state index < -0.39 is 52.0 Å². The maximum atomic E-state index is 14.2. The van der Waals surface area contributed by atoms with E-state index >= 15 is 0 Å². The van der Waals surface area contributed by atoms with Crippen LogP contribution in [-0.2, 0) is 37.5 Å². The number of primary amides is 1. The number of hydrogen-bond acceptors (Lipinski definition) is 8. The first-order valence-electron chi connectivity index (χ1n) is 16.8. The van der Waals surface area contributed by atoms with Crippen molar-refractivity contribution in [2.24, 2.45) is 17.1 Å². The molecule has 0 unspecified atom stereocenters. The van der Waals surface area contributed by atoms with E-state index in [0.717, 1.165) is 33.3 Å². The van der Waals surface area contributed by atoms with E-state index in [-0.39, 0.29) is 29.9 Å². The van der Waals surface area contributed by atoms with Crippen molar-refractivity contribution < 1.29 is 32.6 Å². The predicted octanol–water partition coefficient (Wildman–Crippen LogP) is 5.12. The fourth-order valence-electron chi connectivity index (χ4n) is 6.89. The molecule has 0 bridgehead atoms. The van der Waals surface area contributed by atoms with E-state index in [1.165, 1.54) is 4.31 Å². The molecule has 4 aromatic rings. The SMILES string of the molecule is CC[C@@H]1CN(Cc2cc([C@@H](c3ccc4c(nnn4CC)c3C)C(C)(C)C(=O)C[C@H](CC(N)=O)C(=O)O)ccc2C)S(=O)(=O)c2ccccc2O1. The van der Waals surface area contributed by atoms with Crippen molar-refractivity contribution in [3.05, 3.63) is 82.4 Å². The van der Waals surface area contributed by atoms with Crippen LogP contribution in [0.5, 0.6) is 5.75 Å². The molecule has 1 aliphatic heterocycles. The third kappa shape index (κ3) is 7.02. The van der Waals surface area contributed by atoms with Crippen molar-refractivity contribution in [1.29, 1.82) is 0 Å². The summed E-state index contributed by atoms with van der Waals surface area (Å²) in [4.78, 5) is 38.1. The lowest BCUT2D eigenvalue weighted by atomic mass is 9.66. The third-order valence-corrected chi connectivity index (χ3v) is 11.8. The number of fused-ring (bicyclic) bond motifs is 2. The van der Waals surface area contributed by atoms with Gasteiger partial charge in [-0.25, -0.2) is 13.1 Å². The number of hydrogen-bond donors (Lipinski definition) is 2. The molecule has 0 spiro atoms. The summed E-state index contributed by atoms with van der Waals surface area (Å²) in [5.74, 6) is -3.98. The van der Waals surface area contributed by atoms with Gasteiger partial charge in [-0.05, 0) is 73.2 Å². The van der Waals surface area contributed by atoms with Crippen LogP contribution in [0.3, 0.4) is 0 Å². The number of carboxylic acids is 1. The average Bonchev–Trinajstić information content (AvgIpc) is 3.45. The van der Waals surface area contributed by atoms with Crippen molar-refractivity contribution in [2.45, 2.75) is 90.8 Å². The molecule has 0 saturated carbocycles. The van der Waals surface area contributed by atoms with Gasteiger partial charge >= 0.3 is 5.97 Å². The Morgan fingerprint density at radius 3 is 2.44 bits per heavy atom. The smallest absolute Gasteiger partial charge is 0.307 e. The van der Waals surface area contributed by atoms with Gasteiger partial charge in [0, 0.05) is 37.3 Å². The molecule has 1 aromatic heterocycles. The maximum Gasteiger partial charge on any atom is 0.307 e. The molecule has 266 valence electrons. The number of carboxylic acid groups (broad SMARTS) is 1. The summed E-state index contributed by atoms with van der Waals surface area (Å²) >= 11 is 0. The van der Waals surface area contributed by atoms with Crippen molar-refractivity contribution >= 4 is 38.7 Å². The van der Waals surface area contributed by atoms with Crippen LogP contribution in [0.4, 0.5) is 0 Å². The highest BCUT2D eigenvalue weighted by Gasteiger charge is 2.42. The van der Waals surface area contributed by atoms with E-state index in [1.54, 1.807) is 42.8 Å². The number of carbonyl (C=O) groups excluding carboxylic acids is 2. The summed E-state index contributed by atoms with van der Waals surface area (Å²) < 4.78 is 37.4. The molecule has 13 heteroatoms. The minimum absolute atomic E-state index is 0.0693. The molecular formula is C37H45N5O7S. The van der Waals surface area contributed by atoms with Crippen molar-refractivity contribution in [3.63, 3.8) is 0 Å². The summed E-state index contributed by atoms with van der Waals surface area (Å²) in [6.45, 7) is 12.2.